The molecule has 0 unspecified atom stereocenters. The number of nitriles is 1. The predicted octanol–water partition coefficient (Wildman–Crippen LogP) is 3.33. The summed E-state index contributed by atoms with van der Waals surface area (Å²) in [7, 11) is 0. The Hall–Kier alpha value is -2.54. The molecule has 3 N–H and O–H groups in total. The fraction of sp³-hybridized carbons (Fsp3) is 0.0714. The highest BCUT2D eigenvalue weighted by Crippen LogP contribution is 2.29. The second-order valence-electron chi connectivity index (χ2n) is 3.94. The van der Waals surface area contributed by atoms with Crippen molar-refractivity contribution in [3.05, 3.63) is 53.3 Å². The molecular weight excluding hydrogens is 229 g/mol. The summed E-state index contributed by atoms with van der Waals surface area (Å²) >= 11 is 0. The SMILES string of the molecule is Cc1cccc(N)c1Nc1cccc(F)c1C#N. The number of nitrogens with zero attached hydrogens (tertiary/aromatic N) is 1. The largest absolute Gasteiger partial charge is 0.397 e. The van der Waals surface area contributed by atoms with E-state index in [2.05, 4.69) is 5.32 Å². The molecule has 0 amide bonds. The molecule has 3 nitrogen and oxygen atoms in total. The molecule has 0 aliphatic carbocycles. The van der Waals surface area contributed by atoms with Gasteiger partial charge in [-0.05, 0) is 30.7 Å². The molecule has 0 heterocycles. The molecule has 0 radical (unpaired) electrons. The van der Waals surface area contributed by atoms with Crippen LogP contribution in [0.15, 0.2) is 36.4 Å². The Morgan fingerprint density at radius 1 is 1.22 bits per heavy atom. The van der Waals surface area contributed by atoms with E-state index in [0.29, 0.717) is 17.1 Å². The van der Waals surface area contributed by atoms with Crippen LogP contribution in [0.3, 0.4) is 0 Å². The second-order valence-corrected chi connectivity index (χ2v) is 3.94. The van der Waals surface area contributed by atoms with Crippen molar-refractivity contribution in [3.63, 3.8) is 0 Å². The van der Waals surface area contributed by atoms with Crippen LogP contribution in [0.5, 0.6) is 0 Å². The van der Waals surface area contributed by atoms with Gasteiger partial charge in [0.15, 0.2) is 0 Å². The third kappa shape index (κ3) is 2.11. The third-order valence-corrected chi connectivity index (χ3v) is 2.69. The molecule has 0 atom stereocenters. The van der Waals surface area contributed by atoms with Crippen molar-refractivity contribution in [2.75, 3.05) is 11.1 Å². The molecule has 0 aliphatic heterocycles. The van der Waals surface area contributed by atoms with Crippen LogP contribution in [0.1, 0.15) is 11.1 Å². The van der Waals surface area contributed by atoms with E-state index in [1.807, 2.05) is 25.1 Å². The average Bonchev–Trinajstić information content (AvgIpc) is 2.34. The smallest absolute Gasteiger partial charge is 0.143 e. The molecule has 18 heavy (non-hydrogen) atoms. The number of nitrogens with two attached hydrogens (primary N) is 1. The first-order valence-electron chi connectivity index (χ1n) is 5.44. The molecule has 2 aromatic carbocycles. The van der Waals surface area contributed by atoms with Gasteiger partial charge in [-0.1, -0.05) is 18.2 Å². The minimum Gasteiger partial charge on any atom is -0.397 e. The van der Waals surface area contributed by atoms with Crippen molar-refractivity contribution >= 4 is 17.1 Å². The molecule has 0 aliphatic rings. The van der Waals surface area contributed by atoms with Gasteiger partial charge in [-0.2, -0.15) is 5.26 Å². The highest BCUT2D eigenvalue weighted by atomic mass is 19.1. The van der Waals surface area contributed by atoms with Crippen molar-refractivity contribution in [1.82, 2.24) is 0 Å². The summed E-state index contributed by atoms with van der Waals surface area (Å²) < 4.78 is 13.5. The van der Waals surface area contributed by atoms with Crippen molar-refractivity contribution in [1.29, 1.82) is 5.26 Å². The van der Waals surface area contributed by atoms with Crippen LogP contribution in [0.25, 0.3) is 0 Å². The lowest BCUT2D eigenvalue weighted by Gasteiger charge is -2.13. The van der Waals surface area contributed by atoms with Crippen molar-refractivity contribution in [2.24, 2.45) is 0 Å². The Morgan fingerprint density at radius 2 is 1.94 bits per heavy atom. The maximum atomic E-state index is 13.5. The minimum atomic E-state index is -0.547. The van der Waals surface area contributed by atoms with E-state index in [1.165, 1.54) is 6.07 Å². The van der Waals surface area contributed by atoms with Gasteiger partial charge < -0.3 is 11.1 Å². The Bertz CT molecular complexity index is 609. The normalized spacial score (nSPS) is 9.83. The molecule has 0 aromatic heterocycles. The topological polar surface area (TPSA) is 61.8 Å². The highest BCUT2D eigenvalue weighted by Gasteiger charge is 2.10. The molecule has 4 heteroatoms. The number of hydrogen-bond donors (Lipinski definition) is 2. The maximum absolute atomic E-state index is 13.5. The maximum Gasteiger partial charge on any atom is 0.143 e. The zero-order valence-electron chi connectivity index (χ0n) is 9.87. The summed E-state index contributed by atoms with van der Waals surface area (Å²) in [6.45, 7) is 1.89. The van der Waals surface area contributed by atoms with Gasteiger partial charge in [0.05, 0.1) is 17.1 Å². The van der Waals surface area contributed by atoms with E-state index in [0.717, 1.165) is 5.56 Å². The molecule has 90 valence electrons. The van der Waals surface area contributed by atoms with Crippen LogP contribution in [-0.2, 0) is 0 Å². The van der Waals surface area contributed by atoms with Gasteiger partial charge in [-0.15, -0.1) is 0 Å². The number of rotatable bonds is 2. The van der Waals surface area contributed by atoms with E-state index in [-0.39, 0.29) is 5.56 Å². The second kappa shape index (κ2) is 4.76. The van der Waals surface area contributed by atoms with Crippen LogP contribution < -0.4 is 11.1 Å². The van der Waals surface area contributed by atoms with Crippen LogP contribution in [0, 0.1) is 24.1 Å². The summed E-state index contributed by atoms with van der Waals surface area (Å²) in [6, 6.07) is 11.8. The van der Waals surface area contributed by atoms with Crippen molar-refractivity contribution in [3.8, 4) is 6.07 Å². The van der Waals surface area contributed by atoms with Gasteiger partial charge in [0.1, 0.15) is 17.4 Å². The first-order valence-corrected chi connectivity index (χ1v) is 5.44. The van der Waals surface area contributed by atoms with Gasteiger partial charge in [0.2, 0.25) is 0 Å². The quantitative estimate of drug-likeness (QED) is 0.793. The van der Waals surface area contributed by atoms with Crippen molar-refractivity contribution < 1.29 is 4.39 Å². The Balaban J connectivity index is 2.48. The number of hydrogen-bond acceptors (Lipinski definition) is 3. The molecule has 0 fully saturated rings. The summed E-state index contributed by atoms with van der Waals surface area (Å²) in [5.41, 5.74) is 8.45. The lowest BCUT2D eigenvalue weighted by Crippen LogP contribution is -2.01. The minimum absolute atomic E-state index is 0.0137. The summed E-state index contributed by atoms with van der Waals surface area (Å²) in [6.07, 6.45) is 0. The average molecular weight is 241 g/mol. The van der Waals surface area contributed by atoms with Gasteiger partial charge in [0.25, 0.3) is 0 Å². The summed E-state index contributed by atoms with van der Waals surface area (Å²) in [5, 5.41) is 12.0. The van der Waals surface area contributed by atoms with Crippen LogP contribution in [0.4, 0.5) is 21.5 Å². The van der Waals surface area contributed by atoms with Gasteiger partial charge >= 0.3 is 0 Å². The third-order valence-electron chi connectivity index (χ3n) is 2.69. The molecule has 2 rings (SSSR count). The van der Waals surface area contributed by atoms with Crippen LogP contribution in [0.2, 0.25) is 0 Å². The standard InChI is InChI=1S/C14H12FN3/c1-9-4-2-6-12(17)14(9)18-13-7-3-5-11(15)10(13)8-16/h2-7,18H,17H2,1H3. The monoisotopic (exact) mass is 241 g/mol. The molecular formula is C14H12FN3. The molecule has 0 saturated carbocycles. The number of aryl methyl sites for hydroxylation is 1. The Kier molecular flexibility index (Phi) is 3.16. The summed E-state index contributed by atoms with van der Waals surface area (Å²) in [5.74, 6) is -0.547. The molecule has 0 bridgehead atoms. The number of benzene rings is 2. The van der Waals surface area contributed by atoms with Crippen molar-refractivity contribution in [2.45, 2.75) is 6.92 Å². The Labute approximate surface area is 105 Å². The van der Waals surface area contributed by atoms with E-state index in [4.69, 9.17) is 11.0 Å². The Morgan fingerprint density at radius 3 is 2.61 bits per heavy atom. The van der Waals surface area contributed by atoms with E-state index >= 15 is 0 Å². The van der Waals surface area contributed by atoms with E-state index in [1.54, 1.807) is 18.2 Å². The zero-order chi connectivity index (χ0) is 13.1. The molecule has 0 saturated heterocycles. The predicted molar refractivity (Wildman–Crippen MR) is 70.0 cm³/mol. The van der Waals surface area contributed by atoms with Gasteiger partial charge in [-0.25, -0.2) is 4.39 Å². The number of halogens is 1. The lowest BCUT2D eigenvalue weighted by atomic mass is 10.1. The van der Waals surface area contributed by atoms with Gasteiger partial charge in [0, 0.05) is 0 Å². The number of anilines is 3. The first kappa shape index (κ1) is 11.9. The fourth-order valence-corrected chi connectivity index (χ4v) is 1.74. The first-order chi connectivity index (χ1) is 8.63. The zero-order valence-corrected chi connectivity index (χ0v) is 9.87. The van der Waals surface area contributed by atoms with E-state index < -0.39 is 5.82 Å². The van der Waals surface area contributed by atoms with Crippen LogP contribution >= 0.6 is 0 Å². The number of nitrogen functional groups attached to an aromatic ring is 1. The highest BCUT2D eigenvalue weighted by molar-refractivity contribution is 5.77. The number of para-hydroxylation sites is 1. The molecule has 2 aromatic rings. The van der Waals surface area contributed by atoms with E-state index in [9.17, 15) is 4.39 Å². The van der Waals surface area contributed by atoms with Gasteiger partial charge in [-0.3, -0.25) is 0 Å². The summed E-state index contributed by atoms with van der Waals surface area (Å²) in [4.78, 5) is 0. The fourth-order valence-electron chi connectivity index (χ4n) is 1.74. The number of nitrogens with one attached hydrogen (secondary N) is 1. The molecule has 0 spiro atoms. The lowest BCUT2D eigenvalue weighted by molar-refractivity contribution is 0.624. The van der Waals surface area contributed by atoms with Crippen LogP contribution in [-0.4, -0.2) is 0 Å².